The van der Waals surface area contributed by atoms with Crippen LogP contribution in [0.2, 0.25) is 0 Å². The molecule has 0 aliphatic heterocycles. The molecule has 0 N–H and O–H groups in total. The SMILES string of the molecule is Cc1ccc(C(C)(C)OC(C)(C)c2ccc(C)cc2C)c(C)c1. The number of hydrogen-bond acceptors (Lipinski definition) is 1. The third-order valence-electron chi connectivity index (χ3n) is 4.57. The van der Waals surface area contributed by atoms with Crippen molar-refractivity contribution in [2.24, 2.45) is 0 Å². The van der Waals surface area contributed by atoms with Crippen LogP contribution in [-0.2, 0) is 15.9 Å². The van der Waals surface area contributed by atoms with Crippen LogP contribution >= 0.6 is 0 Å². The van der Waals surface area contributed by atoms with Gasteiger partial charge in [0.1, 0.15) is 0 Å². The fraction of sp³-hybridized carbons (Fsp3) is 0.455. The van der Waals surface area contributed by atoms with Gasteiger partial charge in [0.15, 0.2) is 0 Å². The predicted molar refractivity (Wildman–Crippen MR) is 99.0 cm³/mol. The second-order valence-electron chi connectivity index (χ2n) is 7.76. The Morgan fingerprint density at radius 2 is 0.957 bits per heavy atom. The summed E-state index contributed by atoms with van der Waals surface area (Å²) in [6.45, 7) is 17.2. The lowest BCUT2D eigenvalue weighted by Gasteiger charge is -2.38. The van der Waals surface area contributed by atoms with Crippen LogP contribution in [0.15, 0.2) is 36.4 Å². The van der Waals surface area contributed by atoms with Gasteiger partial charge in [-0.25, -0.2) is 0 Å². The van der Waals surface area contributed by atoms with Crippen molar-refractivity contribution in [1.82, 2.24) is 0 Å². The van der Waals surface area contributed by atoms with Gasteiger partial charge in [0.25, 0.3) is 0 Å². The molecule has 2 aromatic rings. The summed E-state index contributed by atoms with van der Waals surface area (Å²) in [7, 11) is 0. The molecular formula is C22H30O. The van der Waals surface area contributed by atoms with E-state index in [2.05, 4.69) is 91.8 Å². The van der Waals surface area contributed by atoms with Crippen LogP contribution in [0.4, 0.5) is 0 Å². The van der Waals surface area contributed by atoms with E-state index in [1.807, 2.05) is 0 Å². The minimum atomic E-state index is -0.349. The summed E-state index contributed by atoms with van der Waals surface area (Å²) in [5.41, 5.74) is 6.95. The van der Waals surface area contributed by atoms with E-state index in [4.69, 9.17) is 4.74 Å². The molecule has 0 heterocycles. The molecule has 0 atom stereocenters. The number of ether oxygens (including phenoxy) is 1. The van der Waals surface area contributed by atoms with Gasteiger partial charge >= 0.3 is 0 Å². The molecule has 23 heavy (non-hydrogen) atoms. The van der Waals surface area contributed by atoms with E-state index in [0.717, 1.165) is 0 Å². The van der Waals surface area contributed by atoms with Gasteiger partial charge in [0.2, 0.25) is 0 Å². The van der Waals surface area contributed by atoms with Crippen molar-refractivity contribution in [2.45, 2.75) is 66.6 Å². The van der Waals surface area contributed by atoms with Gasteiger partial charge in [-0.3, -0.25) is 0 Å². The Labute approximate surface area is 141 Å². The summed E-state index contributed by atoms with van der Waals surface area (Å²) >= 11 is 0. The zero-order valence-corrected chi connectivity index (χ0v) is 15.9. The Morgan fingerprint density at radius 1 is 0.609 bits per heavy atom. The molecule has 0 radical (unpaired) electrons. The highest BCUT2D eigenvalue weighted by atomic mass is 16.5. The van der Waals surface area contributed by atoms with Gasteiger partial charge < -0.3 is 4.74 Å². The summed E-state index contributed by atoms with van der Waals surface area (Å²) in [5, 5.41) is 0. The molecule has 0 fully saturated rings. The van der Waals surface area contributed by atoms with E-state index in [9.17, 15) is 0 Å². The van der Waals surface area contributed by atoms with E-state index in [1.165, 1.54) is 33.4 Å². The van der Waals surface area contributed by atoms with Crippen LogP contribution in [-0.4, -0.2) is 0 Å². The molecule has 1 heteroatoms. The molecule has 0 amide bonds. The van der Waals surface area contributed by atoms with Crippen LogP contribution in [0.1, 0.15) is 61.1 Å². The highest BCUT2D eigenvalue weighted by molar-refractivity contribution is 5.36. The van der Waals surface area contributed by atoms with Crippen molar-refractivity contribution < 1.29 is 4.74 Å². The summed E-state index contributed by atoms with van der Waals surface area (Å²) in [6, 6.07) is 13.2. The predicted octanol–water partition coefficient (Wildman–Crippen LogP) is 6.11. The number of rotatable bonds is 4. The average Bonchev–Trinajstić information content (AvgIpc) is 2.35. The zero-order chi connectivity index (χ0) is 17.4. The van der Waals surface area contributed by atoms with Gasteiger partial charge in [0.05, 0.1) is 11.2 Å². The molecule has 2 rings (SSSR count). The zero-order valence-electron chi connectivity index (χ0n) is 15.9. The van der Waals surface area contributed by atoms with Crippen molar-refractivity contribution >= 4 is 0 Å². The maximum absolute atomic E-state index is 6.64. The molecule has 0 aliphatic carbocycles. The fourth-order valence-electron chi connectivity index (χ4n) is 3.73. The second kappa shape index (κ2) is 6.13. The quantitative estimate of drug-likeness (QED) is 0.662. The molecule has 2 aromatic carbocycles. The molecule has 0 saturated carbocycles. The van der Waals surface area contributed by atoms with E-state index >= 15 is 0 Å². The first-order valence-corrected chi connectivity index (χ1v) is 8.38. The van der Waals surface area contributed by atoms with Gasteiger partial charge in [0, 0.05) is 0 Å². The first-order valence-electron chi connectivity index (χ1n) is 8.38. The largest absolute Gasteiger partial charge is 0.360 e. The first-order chi connectivity index (χ1) is 10.5. The van der Waals surface area contributed by atoms with Crippen molar-refractivity contribution in [3.63, 3.8) is 0 Å². The third-order valence-corrected chi connectivity index (χ3v) is 4.57. The number of hydrogen-bond donors (Lipinski definition) is 0. The van der Waals surface area contributed by atoms with Crippen LogP contribution in [0.25, 0.3) is 0 Å². The van der Waals surface area contributed by atoms with E-state index < -0.39 is 0 Å². The lowest BCUT2D eigenvalue weighted by molar-refractivity contribution is -0.132. The molecule has 124 valence electrons. The Morgan fingerprint density at radius 3 is 1.26 bits per heavy atom. The van der Waals surface area contributed by atoms with Crippen molar-refractivity contribution in [3.05, 3.63) is 69.8 Å². The second-order valence-corrected chi connectivity index (χ2v) is 7.76. The van der Waals surface area contributed by atoms with E-state index in [0.29, 0.717) is 0 Å². The molecule has 1 nitrogen and oxygen atoms in total. The van der Waals surface area contributed by atoms with Crippen LogP contribution in [0, 0.1) is 27.7 Å². The van der Waals surface area contributed by atoms with Crippen molar-refractivity contribution in [2.75, 3.05) is 0 Å². The van der Waals surface area contributed by atoms with E-state index in [-0.39, 0.29) is 11.2 Å². The van der Waals surface area contributed by atoms with Gasteiger partial charge in [-0.2, -0.15) is 0 Å². The molecule has 0 saturated heterocycles. The Bertz CT molecular complexity index is 646. The standard InChI is InChI=1S/C22H30O/c1-15-9-11-19(17(3)13-15)21(5,6)23-22(7,8)20-12-10-16(2)14-18(20)4/h9-14H,1-8H3. The molecule has 0 aromatic heterocycles. The minimum Gasteiger partial charge on any atom is -0.360 e. The molecule has 0 aliphatic rings. The van der Waals surface area contributed by atoms with Crippen LogP contribution in [0.3, 0.4) is 0 Å². The topological polar surface area (TPSA) is 9.23 Å². The highest BCUT2D eigenvalue weighted by Crippen LogP contribution is 2.38. The van der Waals surface area contributed by atoms with Crippen molar-refractivity contribution in [1.29, 1.82) is 0 Å². The average molecular weight is 310 g/mol. The normalized spacial score (nSPS) is 12.5. The van der Waals surface area contributed by atoms with Crippen molar-refractivity contribution in [3.8, 4) is 0 Å². The Kier molecular flexibility index (Phi) is 4.73. The van der Waals surface area contributed by atoms with Gasteiger partial charge in [-0.15, -0.1) is 0 Å². The Hall–Kier alpha value is -1.60. The molecule has 0 spiro atoms. The van der Waals surface area contributed by atoms with Crippen LogP contribution < -0.4 is 0 Å². The fourth-order valence-corrected chi connectivity index (χ4v) is 3.73. The maximum atomic E-state index is 6.64. The third kappa shape index (κ3) is 3.84. The summed E-state index contributed by atoms with van der Waals surface area (Å²) in [6.07, 6.45) is 0. The lowest BCUT2D eigenvalue weighted by Crippen LogP contribution is -2.34. The summed E-state index contributed by atoms with van der Waals surface area (Å²) in [5.74, 6) is 0. The number of benzene rings is 2. The van der Waals surface area contributed by atoms with Gasteiger partial charge in [-0.05, 0) is 77.6 Å². The monoisotopic (exact) mass is 310 g/mol. The maximum Gasteiger partial charge on any atom is 0.0889 e. The Balaban J connectivity index is 2.37. The minimum absolute atomic E-state index is 0.349. The highest BCUT2D eigenvalue weighted by Gasteiger charge is 2.33. The number of aryl methyl sites for hydroxylation is 4. The van der Waals surface area contributed by atoms with E-state index in [1.54, 1.807) is 0 Å². The van der Waals surface area contributed by atoms with Gasteiger partial charge in [-0.1, -0.05) is 47.5 Å². The van der Waals surface area contributed by atoms with Crippen LogP contribution in [0.5, 0.6) is 0 Å². The molecular weight excluding hydrogens is 280 g/mol. The summed E-state index contributed by atoms with van der Waals surface area (Å²) < 4.78 is 6.64. The molecule has 0 unspecified atom stereocenters. The smallest absolute Gasteiger partial charge is 0.0889 e. The molecule has 0 bridgehead atoms. The first kappa shape index (κ1) is 17.7. The lowest BCUT2D eigenvalue weighted by atomic mass is 9.88. The summed E-state index contributed by atoms with van der Waals surface area (Å²) in [4.78, 5) is 0.